The van der Waals surface area contributed by atoms with Crippen molar-refractivity contribution in [3.8, 4) is 0 Å². The lowest BCUT2D eigenvalue weighted by Crippen LogP contribution is -1.99. The molecule has 0 aliphatic carbocycles. The molecule has 0 fully saturated rings. The van der Waals surface area contributed by atoms with Crippen molar-refractivity contribution in [1.82, 2.24) is 19.6 Å². The molecule has 2 rings (SSSR count). The number of rotatable bonds is 3. The summed E-state index contributed by atoms with van der Waals surface area (Å²) in [4.78, 5) is 14.5. The minimum atomic E-state index is -0.875. The van der Waals surface area contributed by atoms with Gasteiger partial charge in [0.1, 0.15) is 10.9 Å². The van der Waals surface area contributed by atoms with E-state index in [0.29, 0.717) is 10.7 Å². The van der Waals surface area contributed by atoms with Crippen molar-refractivity contribution in [2.45, 2.75) is 11.9 Å². The number of carboxylic acid groups (broad SMARTS) is 1. The lowest BCUT2D eigenvalue weighted by molar-refractivity contribution is -0.133. The number of hydrogen-bond donors (Lipinski definition) is 1. The summed E-state index contributed by atoms with van der Waals surface area (Å²) < 4.78 is 1.77. The van der Waals surface area contributed by atoms with Crippen LogP contribution in [0.25, 0.3) is 5.65 Å². The Bertz CT molecular complexity index is 510. The number of aliphatic carboxylic acids is 1. The number of fused-ring (bicyclic) bond motifs is 1. The Labute approximate surface area is 89.4 Å². The average molecular weight is 224 g/mol. The van der Waals surface area contributed by atoms with Gasteiger partial charge in [0.05, 0.1) is 5.75 Å². The molecule has 2 heterocycles. The Morgan fingerprint density at radius 2 is 2.40 bits per heavy atom. The zero-order valence-electron chi connectivity index (χ0n) is 7.91. The van der Waals surface area contributed by atoms with Crippen molar-refractivity contribution in [3.05, 3.63) is 18.2 Å². The second-order valence-electron chi connectivity index (χ2n) is 2.86. The predicted molar refractivity (Wildman–Crippen MR) is 53.9 cm³/mol. The smallest absolute Gasteiger partial charge is 0.313 e. The quantitative estimate of drug-likeness (QED) is 0.769. The fourth-order valence-corrected chi connectivity index (χ4v) is 1.81. The molecule has 2 aromatic heterocycles. The van der Waals surface area contributed by atoms with E-state index in [2.05, 4.69) is 15.2 Å². The van der Waals surface area contributed by atoms with Gasteiger partial charge in [-0.05, 0) is 6.92 Å². The van der Waals surface area contributed by atoms with Gasteiger partial charge in [-0.15, -0.1) is 10.2 Å². The van der Waals surface area contributed by atoms with E-state index < -0.39 is 5.97 Å². The van der Waals surface area contributed by atoms with Crippen LogP contribution in [0.5, 0.6) is 0 Å². The van der Waals surface area contributed by atoms with Crippen molar-refractivity contribution in [2.24, 2.45) is 0 Å². The zero-order valence-corrected chi connectivity index (χ0v) is 8.73. The van der Waals surface area contributed by atoms with Gasteiger partial charge in [0.2, 0.25) is 0 Å². The number of hydrogen-bond acceptors (Lipinski definition) is 5. The van der Waals surface area contributed by atoms with E-state index in [1.165, 1.54) is 0 Å². The molecule has 0 spiro atoms. The molecule has 7 heteroatoms. The van der Waals surface area contributed by atoms with E-state index in [-0.39, 0.29) is 5.75 Å². The van der Waals surface area contributed by atoms with Gasteiger partial charge in [-0.25, -0.2) is 4.98 Å². The van der Waals surface area contributed by atoms with Gasteiger partial charge in [0, 0.05) is 12.4 Å². The van der Waals surface area contributed by atoms with Crippen LogP contribution in [0.3, 0.4) is 0 Å². The molecule has 0 bridgehead atoms. The Morgan fingerprint density at radius 3 is 3.13 bits per heavy atom. The summed E-state index contributed by atoms with van der Waals surface area (Å²) in [6, 6.07) is 0. The summed E-state index contributed by atoms with van der Waals surface area (Å²) in [5.74, 6) is -0.150. The summed E-state index contributed by atoms with van der Waals surface area (Å²) in [5, 5.41) is 17.0. The van der Waals surface area contributed by atoms with E-state index in [9.17, 15) is 4.79 Å². The zero-order chi connectivity index (χ0) is 10.8. The SMILES string of the molecule is Cc1nnc2c(SCC(=O)O)nccn12. The second-order valence-corrected chi connectivity index (χ2v) is 3.82. The van der Waals surface area contributed by atoms with Crippen LogP contribution in [0, 0.1) is 6.92 Å². The third-order valence-electron chi connectivity index (χ3n) is 1.80. The summed E-state index contributed by atoms with van der Waals surface area (Å²) in [6.45, 7) is 1.83. The Kier molecular flexibility index (Phi) is 2.55. The average Bonchev–Trinajstić information content (AvgIpc) is 2.58. The van der Waals surface area contributed by atoms with Crippen LogP contribution in [0.4, 0.5) is 0 Å². The van der Waals surface area contributed by atoms with E-state index in [1.807, 2.05) is 6.92 Å². The monoisotopic (exact) mass is 224 g/mol. The van der Waals surface area contributed by atoms with Crippen molar-refractivity contribution < 1.29 is 9.90 Å². The minimum absolute atomic E-state index is 0.0292. The number of thioether (sulfide) groups is 1. The Morgan fingerprint density at radius 1 is 1.60 bits per heavy atom. The largest absolute Gasteiger partial charge is 0.481 e. The molecule has 78 valence electrons. The van der Waals surface area contributed by atoms with E-state index in [0.717, 1.165) is 17.6 Å². The molecule has 0 aromatic carbocycles. The Balaban J connectivity index is 2.38. The fourth-order valence-electron chi connectivity index (χ4n) is 1.15. The van der Waals surface area contributed by atoms with Gasteiger partial charge in [0.25, 0.3) is 0 Å². The molecule has 2 aromatic rings. The molecule has 0 saturated heterocycles. The molecule has 0 unspecified atom stereocenters. The normalized spacial score (nSPS) is 10.7. The van der Waals surface area contributed by atoms with Gasteiger partial charge >= 0.3 is 5.97 Å². The molecule has 0 aliphatic heterocycles. The maximum atomic E-state index is 10.4. The van der Waals surface area contributed by atoms with Gasteiger partial charge in [-0.2, -0.15) is 0 Å². The first-order chi connectivity index (χ1) is 7.18. The third-order valence-corrected chi connectivity index (χ3v) is 2.75. The lowest BCUT2D eigenvalue weighted by Gasteiger charge is -1.99. The molecule has 0 amide bonds. The highest BCUT2D eigenvalue weighted by Gasteiger charge is 2.09. The van der Waals surface area contributed by atoms with Gasteiger partial charge < -0.3 is 5.11 Å². The molecular weight excluding hydrogens is 216 g/mol. The van der Waals surface area contributed by atoms with Crippen LogP contribution < -0.4 is 0 Å². The van der Waals surface area contributed by atoms with Gasteiger partial charge in [-0.1, -0.05) is 11.8 Å². The van der Waals surface area contributed by atoms with Crippen molar-refractivity contribution >= 4 is 23.4 Å². The molecule has 6 nitrogen and oxygen atoms in total. The van der Waals surface area contributed by atoms with Gasteiger partial charge in [0.15, 0.2) is 5.65 Å². The molecule has 1 N–H and O–H groups in total. The van der Waals surface area contributed by atoms with Crippen molar-refractivity contribution in [2.75, 3.05) is 5.75 Å². The summed E-state index contributed by atoms with van der Waals surface area (Å²) in [6.07, 6.45) is 3.35. The standard InChI is InChI=1S/C8H8N4O2S/c1-5-10-11-7-8(15-4-6(13)14)9-2-3-12(5)7/h2-3H,4H2,1H3,(H,13,14). The van der Waals surface area contributed by atoms with Crippen LogP contribution >= 0.6 is 11.8 Å². The number of aromatic nitrogens is 4. The second kappa shape index (κ2) is 3.85. The first-order valence-electron chi connectivity index (χ1n) is 4.19. The Hall–Kier alpha value is -1.63. The van der Waals surface area contributed by atoms with Crippen LogP contribution in [-0.2, 0) is 4.79 Å². The summed E-state index contributed by atoms with van der Waals surface area (Å²) in [7, 11) is 0. The number of nitrogens with zero attached hydrogens (tertiary/aromatic N) is 4. The van der Waals surface area contributed by atoms with E-state index in [1.54, 1.807) is 16.8 Å². The molecule has 15 heavy (non-hydrogen) atoms. The van der Waals surface area contributed by atoms with Crippen LogP contribution in [-0.4, -0.2) is 36.4 Å². The van der Waals surface area contributed by atoms with E-state index in [4.69, 9.17) is 5.11 Å². The molecule has 0 radical (unpaired) electrons. The van der Waals surface area contributed by atoms with E-state index >= 15 is 0 Å². The molecule has 0 atom stereocenters. The number of carboxylic acids is 1. The van der Waals surface area contributed by atoms with Crippen LogP contribution in [0.2, 0.25) is 0 Å². The predicted octanol–water partition coefficient (Wildman–Crippen LogP) is 0.609. The lowest BCUT2D eigenvalue weighted by atomic mass is 10.6. The van der Waals surface area contributed by atoms with Crippen molar-refractivity contribution in [3.63, 3.8) is 0 Å². The minimum Gasteiger partial charge on any atom is -0.481 e. The molecular formula is C8H8N4O2S. The highest BCUT2D eigenvalue weighted by atomic mass is 32.2. The maximum Gasteiger partial charge on any atom is 0.313 e. The first kappa shape index (κ1) is 9.91. The van der Waals surface area contributed by atoms with Crippen molar-refractivity contribution in [1.29, 1.82) is 0 Å². The number of carbonyl (C=O) groups is 1. The maximum absolute atomic E-state index is 10.4. The molecule has 0 saturated carbocycles. The van der Waals surface area contributed by atoms with Crippen LogP contribution in [0.15, 0.2) is 17.4 Å². The molecule has 0 aliphatic rings. The third kappa shape index (κ3) is 1.91. The topological polar surface area (TPSA) is 80.4 Å². The first-order valence-corrected chi connectivity index (χ1v) is 5.18. The highest BCUT2D eigenvalue weighted by molar-refractivity contribution is 8.00. The fraction of sp³-hybridized carbons (Fsp3) is 0.250. The summed E-state index contributed by atoms with van der Waals surface area (Å²) >= 11 is 1.14. The highest BCUT2D eigenvalue weighted by Crippen LogP contribution is 2.19. The number of aryl methyl sites for hydroxylation is 1. The van der Waals surface area contributed by atoms with Gasteiger partial charge in [-0.3, -0.25) is 9.20 Å². The van der Waals surface area contributed by atoms with Crippen LogP contribution in [0.1, 0.15) is 5.82 Å². The summed E-state index contributed by atoms with van der Waals surface area (Å²) in [5.41, 5.74) is 0.598.